The fraction of sp³-hybridized carbons (Fsp3) is 0.316. The van der Waals surface area contributed by atoms with Crippen LogP contribution in [0.1, 0.15) is 17.7 Å². The van der Waals surface area contributed by atoms with E-state index in [1.54, 1.807) is 13.2 Å². The average molecular weight is 312 g/mol. The summed E-state index contributed by atoms with van der Waals surface area (Å²) in [4.78, 5) is 14.4. The highest BCUT2D eigenvalue weighted by Gasteiger charge is 2.12. The number of aryl methyl sites for hydroxylation is 1. The summed E-state index contributed by atoms with van der Waals surface area (Å²) in [6.45, 7) is 1.93. The van der Waals surface area contributed by atoms with Crippen molar-refractivity contribution in [2.24, 2.45) is 7.05 Å². The van der Waals surface area contributed by atoms with Crippen molar-refractivity contribution in [3.63, 3.8) is 0 Å². The van der Waals surface area contributed by atoms with Crippen molar-refractivity contribution in [2.45, 2.75) is 13.0 Å². The lowest BCUT2D eigenvalue weighted by Crippen LogP contribution is -2.31. The van der Waals surface area contributed by atoms with E-state index in [0.29, 0.717) is 19.7 Å². The summed E-state index contributed by atoms with van der Waals surface area (Å²) in [7, 11) is 3.67. The molecule has 0 aliphatic carbocycles. The Bertz CT molecular complexity index is 632. The standard InChI is InChI=1S/C19H24N2O2/c1-20-13-6-10-18(20)16-21(14-7-15-23-2)19(22)12-11-17-8-4-3-5-9-17/h3-6,8-13H,7,14-16H2,1-2H3. The molecule has 0 unspecified atom stereocenters. The summed E-state index contributed by atoms with van der Waals surface area (Å²) in [5.74, 6) is 0.0196. The molecule has 0 aliphatic heterocycles. The molecular formula is C19H24N2O2. The molecule has 0 atom stereocenters. The quantitative estimate of drug-likeness (QED) is 0.554. The second kappa shape index (κ2) is 8.96. The van der Waals surface area contributed by atoms with Crippen molar-refractivity contribution in [2.75, 3.05) is 20.3 Å². The zero-order valence-corrected chi connectivity index (χ0v) is 13.8. The minimum absolute atomic E-state index is 0.0196. The maximum atomic E-state index is 12.5. The Morgan fingerprint density at radius 3 is 2.65 bits per heavy atom. The molecule has 4 nitrogen and oxygen atoms in total. The van der Waals surface area contributed by atoms with E-state index in [4.69, 9.17) is 4.74 Å². The van der Waals surface area contributed by atoms with Crippen LogP contribution in [-0.4, -0.2) is 35.6 Å². The second-order valence-corrected chi connectivity index (χ2v) is 5.46. The van der Waals surface area contributed by atoms with E-state index in [-0.39, 0.29) is 5.91 Å². The molecule has 0 bridgehead atoms. The number of hydrogen-bond donors (Lipinski definition) is 0. The summed E-state index contributed by atoms with van der Waals surface area (Å²) < 4.78 is 7.14. The van der Waals surface area contributed by atoms with Gasteiger partial charge in [0, 0.05) is 45.3 Å². The van der Waals surface area contributed by atoms with E-state index in [2.05, 4.69) is 0 Å². The Morgan fingerprint density at radius 1 is 1.22 bits per heavy atom. The number of hydrogen-bond acceptors (Lipinski definition) is 2. The molecule has 1 amide bonds. The van der Waals surface area contributed by atoms with E-state index < -0.39 is 0 Å². The minimum Gasteiger partial charge on any atom is -0.385 e. The number of methoxy groups -OCH3 is 1. The smallest absolute Gasteiger partial charge is 0.246 e. The maximum absolute atomic E-state index is 12.5. The predicted octanol–water partition coefficient (Wildman–Crippen LogP) is 3.10. The van der Waals surface area contributed by atoms with Gasteiger partial charge in [0.1, 0.15) is 0 Å². The Morgan fingerprint density at radius 2 is 2.00 bits per heavy atom. The first kappa shape index (κ1) is 17.0. The van der Waals surface area contributed by atoms with Crippen LogP contribution in [-0.2, 0) is 23.1 Å². The zero-order chi connectivity index (χ0) is 16.5. The van der Waals surface area contributed by atoms with Gasteiger partial charge in [0.2, 0.25) is 5.91 Å². The van der Waals surface area contributed by atoms with Crippen LogP contribution in [0.2, 0.25) is 0 Å². The fourth-order valence-corrected chi connectivity index (χ4v) is 2.36. The molecule has 23 heavy (non-hydrogen) atoms. The van der Waals surface area contributed by atoms with Crippen LogP contribution in [0, 0.1) is 0 Å². The van der Waals surface area contributed by atoms with Gasteiger partial charge in [-0.15, -0.1) is 0 Å². The molecule has 2 rings (SSSR count). The number of rotatable bonds is 8. The number of amides is 1. The predicted molar refractivity (Wildman–Crippen MR) is 92.8 cm³/mol. The Hall–Kier alpha value is -2.33. The summed E-state index contributed by atoms with van der Waals surface area (Å²) >= 11 is 0. The number of aromatic nitrogens is 1. The molecule has 0 N–H and O–H groups in total. The van der Waals surface area contributed by atoms with Crippen LogP contribution >= 0.6 is 0 Å². The van der Waals surface area contributed by atoms with Crippen LogP contribution in [0.4, 0.5) is 0 Å². The molecular weight excluding hydrogens is 288 g/mol. The van der Waals surface area contributed by atoms with E-state index in [9.17, 15) is 4.79 Å². The molecule has 1 heterocycles. The van der Waals surface area contributed by atoms with Crippen LogP contribution in [0.25, 0.3) is 6.08 Å². The first-order valence-corrected chi connectivity index (χ1v) is 7.82. The molecule has 0 spiro atoms. The molecule has 0 fully saturated rings. The van der Waals surface area contributed by atoms with Crippen LogP contribution in [0.3, 0.4) is 0 Å². The first-order chi connectivity index (χ1) is 11.2. The highest BCUT2D eigenvalue weighted by Crippen LogP contribution is 2.08. The van der Waals surface area contributed by atoms with Crippen molar-refractivity contribution in [3.8, 4) is 0 Å². The highest BCUT2D eigenvalue weighted by molar-refractivity contribution is 5.91. The third-order valence-electron chi connectivity index (χ3n) is 3.71. The van der Waals surface area contributed by atoms with Crippen molar-refractivity contribution < 1.29 is 9.53 Å². The van der Waals surface area contributed by atoms with E-state index in [0.717, 1.165) is 17.7 Å². The average Bonchev–Trinajstić information content (AvgIpc) is 2.98. The Balaban J connectivity index is 2.04. The lowest BCUT2D eigenvalue weighted by molar-refractivity contribution is -0.126. The van der Waals surface area contributed by atoms with Gasteiger partial charge >= 0.3 is 0 Å². The Kier molecular flexibility index (Phi) is 6.63. The molecule has 4 heteroatoms. The lowest BCUT2D eigenvalue weighted by atomic mass is 10.2. The monoisotopic (exact) mass is 312 g/mol. The molecule has 0 aliphatic rings. The normalized spacial score (nSPS) is 11.0. The lowest BCUT2D eigenvalue weighted by Gasteiger charge is -2.21. The van der Waals surface area contributed by atoms with Crippen molar-refractivity contribution in [1.29, 1.82) is 0 Å². The van der Waals surface area contributed by atoms with Crippen molar-refractivity contribution in [3.05, 3.63) is 66.0 Å². The largest absolute Gasteiger partial charge is 0.385 e. The van der Waals surface area contributed by atoms with Gasteiger partial charge in [-0.3, -0.25) is 4.79 Å². The number of ether oxygens (including phenoxy) is 1. The molecule has 1 aromatic carbocycles. The summed E-state index contributed by atoms with van der Waals surface area (Å²) in [6, 6.07) is 13.9. The molecule has 0 saturated carbocycles. The Labute approximate surface area is 138 Å². The molecule has 0 radical (unpaired) electrons. The number of benzene rings is 1. The number of carbonyl (C=O) groups excluding carboxylic acids is 1. The van der Waals surface area contributed by atoms with Gasteiger partial charge in [0.05, 0.1) is 6.54 Å². The summed E-state index contributed by atoms with van der Waals surface area (Å²) in [5, 5.41) is 0. The van der Waals surface area contributed by atoms with Crippen LogP contribution < -0.4 is 0 Å². The van der Waals surface area contributed by atoms with Crippen LogP contribution in [0.5, 0.6) is 0 Å². The van der Waals surface area contributed by atoms with Gasteiger partial charge in [-0.2, -0.15) is 0 Å². The first-order valence-electron chi connectivity index (χ1n) is 7.82. The summed E-state index contributed by atoms with van der Waals surface area (Å²) in [5.41, 5.74) is 2.14. The van der Waals surface area contributed by atoms with Gasteiger partial charge in [-0.05, 0) is 30.2 Å². The van der Waals surface area contributed by atoms with Gasteiger partial charge in [-0.25, -0.2) is 0 Å². The van der Waals surface area contributed by atoms with Crippen molar-refractivity contribution >= 4 is 12.0 Å². The third-order valence-corrected chi connectivity index (χ3v) is 3.71. The second-order valence-electron chi connectivity index (χ2n) is 5.46. The maximum Gasteiger partial charge on any atom is 0.246 e. The van der Waals surface area contributed by atoms with E-state index in [1.807, 2.05) is 71.3 Å². The zero-order valence-electron chi connectivity index (χ0n) is 13.8. The molecule has 1 aromatic heterocycles. The third kappa shape index (κ3) is 5.42. The summed E-state index contributed by atoms with van der Waals surface area (Å²) in [6.07, 6.45) is 6.32. The fourth-order valence-electron chi connectivity index (χ4n) is 2.36. The number of carbonyl (C=O) groups is 1. The molecule has 0 saturated heterocycles. The highest BCUT2D eigenvalue weighted by atomic mass is 16.5. The topological polar surface area (TPSA) is 34.5 Å². The molecule has 2 aromatic rings. The minimum atomic E-state index is 0.0196. The van der Waals surface area contributed by atoms with Gasteiger partial charge < -0.3 is 14.2 Å². The van der Waals surface area contributed by atoms with Gasteiger partial charge in [-0.1, -0.05) is 30.3 Å². The van der Waals surface area contributed by atoms with E-state index >= 15 is 0 Å². The van der Waals surface area contributed by atoms with Gasteiger partial charge in [0.25, 0.3) is 0 Å². The van der Waals surface area contributed by atoms with Crippen LogP contribution in [0.15, 0.2) is 54.7 Å². The SMILES string of the molecule is COCCCN(Cc1cccn1C)C(=O)C=Cc1ccccc1. The van der Waals surface area contributed by atoms with Crippen molar-refractivity contribution in [1.82, 2.24) is 9.47 Å². The van der Waals surface area contributed by atoms with Gasteiger partial charge in [0.15, 0.2) is 0 Å². The molecule has 122 valence electrons. The van der Waals surface area contributed by atoms with E-state index in [1.165, 1.54) is 0 Å². The number of nitrogens with zero attached hydrogens (tertiary/aromatic N) is 2.